The van der Waals surface area contributed by atoms with Crippen molar-refractivity contribution in [2.75, 3.05) is 14.1 Å². The lowest BCUT2D eigenvalue weighted by Crippen LogP contribution is -2.22. The molecule has 0 fully saturated rings. The fourth-order valence-corrected chi connectivity index (χ4v) is 3.94. The van der Waals surface area contributed by atoms with Crippen LogP contribution in [0.4, 0.5) is 0 Å². The zero-order chi connectivity index (χ0) is 19.4. The van der Waals surface area contributed by atoms with Gasteiger partial charge in [-0.25, -0.2) is 4.98 Å². The Balaban J connectivity index is 1.76. The molecular weight excluding hydrogens is 354 g/mol. The summed E-state index contributed by atoms with van der Waals surface area (Å²) in [6, 6.07) is 16.8. The van der Waals surface area contributed by atoms with Gasteiger partial charge in [0.2, 0.25) is 0 Å². The van der Waals surface area contributed by atoms with Crippen LogP contribution in [-0.2, 0) is 13.1 Å². The zero-order valence-electron chi connectivity index (χ0n) is 16.2. The van der Waals surface area contributed by atoms with Gasteiger partial charge in [-0.3, -0.25) is 4.79 Å². The average molecular weight is 380 g/mol. The summed E-state index contributed by atoms with van der Waals surface area (Å²) in [7, 11) is 4.14. The van der Waals surface area contributed by atoms with E-state index in [9.17, 15) is 4.79 Å². The topological polar surface area (TPSA) is 45.2 Å². The Morgan fingerprint density at radius 2 is 1.78 bits per heavy atom. The number of thiazole rings is 1. The van der Waals surface area contributed by atoms with Crippen molar-refractivity contribution in [2.45, 2.75) is 26.9 Å². The van der Waals surface area contributed by atoms with Crippen LogP contribution in [0.2, 0.25) is 0 Å². The first-order chi connectivity index (χ1) is 12.9. The Kier molecular flexibility index (Phi) is 6.04. The van der Waals surface area contributed by atoms with E-state index in [0.29, 0.717) is 11.4 Å². The molecule has 2 aromatic carbocycles. The molecule has 0 saturated carbocycles. The number of nitrogens with zero attached hydrogens (tertiary/aromatic N) is 2. The monoisotopic (exact) mass is 379 g/mol. The van der Waals surface area contributed by atoms with E-state index >= 15 is 0 Å². The molecule has 27 heavy (non-hydrogen) atoms. The van der Waals surface area contributed by atoms with Gasteiger partial charge in [0.15, 0.2) is 0 Å². The molecule has 0 saturated heterocycles. The molecule has 0 bridgehead atoms. The van der Waals surface area contributed by atoms with Crippen molar-refractivity contribution < 1.29 is 4.79 Å². The standard InChI is InChI=1S/C22H25N3OS/c1-15-21(27-16(2)24-15)22(26)23-13-19-7-5-6-8-20(19)18-11-9-17(10-12-18)14-25(3)4/h5-12H,13-14H2,1-4H3,(H,23,26). The van der Waals surface area contributed by atoms with E-state index in [1.54, 1.807) is 0 Å². The Labute approximate surface area is 164 Å². The minimum atomic E-state index is -0.0609. The van der Waals surface area contributed by atoms with Crippen molar-refractivity contribution >= 4 is 17.2 Å². The molecule has 0 aliphatic rings. The number of hydrogen-bond acceptors (Lipinski definition) is 4. The van der Waals surface area contributed by atoms with Crippen LogP contribution in [-0.4, -0.2) is 29.9 Å². The third-order valence-corrected chi connectivity index (χ3v) is 5.40. The zero-order valence-corrected chi connectivity index (χ0v) is 17.1. The predicted molar refractivity (Wildman–Crippen MR) is 112 cm³/mol. The Morgan fingerprint density at radius 1 is 1.07 bits per heavy atom. The smallest absolute Gasteiger partial charge is 0.263 e. The van der Waals surface area contributed by atoms with Crippen LogP contribution in [0.1, 0.15) is 31.5 Å². The Morgan fingerprint density at radius 3 is 2.41 bits per heavy atom. The lowest BCUT2D eigenvalue weighted by molar-refractivity contribution is 0.0954. The number of nitrogens with one attached hydrogen (secondary N) is 1. The Bertz CT molecular complexity index is 929. The van der Waals surface area contributed by atoms with Crippen molar-refractivity contribution in [3.63, 3.8) is 0 Å². The minimum absolute atomic E-state index is 0.0609. The first kappa shape index (κ1) is 19.3. The molecule has 1 N–H and O–H groups in total. The number of aryl methyl sites for hydroxylation is 2. The molecular formula is C22H25N3OS. The maximum Gasteiger partial charge on any atom is 0.263 e. The van der Waals surface area contributed by atoms with Gasteiger partial charge < -0.3 is 10.2 Å². The largest absolute Gasteiger partial charge is 0.347 e. The van der Waals surface area contributed by atoms with Crippen LogP contribution >= 0.6 is 11.3 Å². The van der Waals surface area contributed by atoms with Crippen LogP contribution < -0.4 is 5.32 Å². The molecule has 0 radical (unpaired) electrons. The van der Waals surface area contributed by atoms with Gasteiger partial charge in [-0.1, -0.05) is 48.5 Å². The van der Waals surface area contributed by atoms with Crippen molar-refractivity contribution in [1.82, 2.24) is 15.2 Å². The van der Waals surface area contributed by atoms with Gasteiger partial charge >= 0.3 is 0 Å². The molecule has 140 valence electrons. The quantitative estimate of drug-likeness (QED) is 0.690. The molecule has 1 aromatic heterocycles. The van der Waals surface area contributed by atoms with E-state index in [4.69, 9.17) is 0 Å². The highest BCUT2D eigenvalue weighted by Crippen LogP contribution is 2.25. The summed E-state index contributed by atoms with van der Waals surface area (Å²) in [6.07, 6.45) is 0. The lowest BCUT2D eigenvalue weighted by Gasteiger charge is -2.13. The maximum absolute atomic E-state index is 12.5. The summed E-state index contributed by atoms with van der Waals surface area (Å²) in [5.74, 6) is -0.0609. The van der Waals surface area contributed by atoms with Gasteiger partial charge in [-0.15, -0.1) is 11.3 Å². The number of carbonyl (C=O) groups excluding carboxylic acids is 1. The SMILES string of the molecule is Cc1nc(C)c(C(=O)NCc2ccccc2-c2ccc(CN(C)C)cc2)s1. The fraction of sp³-hybridized carbons (Fsp3) is 0.273. The molecule has 0 unspecified atom stereocenters. The third-order valence-electron chi connectivity index (χ3n) is 4.33. The van der Waals surface area contributed by atoms with E-state index in [-0.39, 0.29) is 5.91 Å². The van der Waals surface area contributed by atoms with Crippen molar-refractivity contribution in [1.29, 1.82) is 0 Å². The molecule has 4 nitrogen and oxygen atoms in total. The first-order valence-corrected chi connectivity index (χ1v) is 9.80. The molecule has 3 rings (SSSR count). The van der Waals surface area contributed by atoms with E-state index in [1.807, 2.05) is 26.0 Å². The van der Waals surface area contributed by atoms with Crippen molar-refractivity contribution in [3.05, 3.63) is 75.2 Å². The number of amides is 1. The van der Waals surface area contributed by atoms with Gasteiger partial charge in [-0.05, 0) is 50.2 Å². The number of rotatable bonds is 6. The lowest BCUT2D eigenvalue weighted by atomic mass is 9.98. The second-order valence-electron chi connectivity index (χ2n) is 6.92. The number of hydrogen-bond donors (Lipinski definition) is 1. The van der Waals surface area contributed by atoms with Gasteiger partial charge in [0.1, 0.15) is 4.88 Å². The summed E-state index contributed by atoms with van der Waals surface area (Å²) < 4.78 is 0. The highest BCUT2D eigenvalue weighted by atomic mass is 32.1. The summed E-state index contributed by atoms with van der Waals surface area (Å²) in [5, 5.41) is 3.95. The Hall–Kier alpha value is -2.50. The summed E-state index contributed by atoms with van der Waals surface area (Å²) >= 11 is 1.44. The van der Waals surface area contributed by atoms with Gasteiger partial charge in [-0.2, -0.15) is 0 Å². The molecule has 3 aromatic rings. The van der Waals surface area contributed by atoms with Gasteiger partial charge in [0.05, 0.1) is 10.7 Å². The third kappa shape index (κ3) is 4.81. The van der Waals surface area contributed by atoms with Crippen LogP contribution in [0.25, 0.3) is 11.1 Å². The second kappa shape index (κ2) is 8.46. The normalized spacial score (nSPS) is 11.0. The second-order valence-corrected chi connectivity index (χ2v) is 8.13. The van der Waals surface area contributed by atoms with Crippen LogP contribution in [0, 0.1) is 13.8 Å². The van der Waals surface area contributed by atoms with Crippen LogP contribution in [0.5, 0.6) is 0 Å². The minimum Gasteiger partial charge on any atom is -0.347 e. The first-order valence-electron chi connectivity index (χ1n) is 8.98. The highest BCUT2D eigenvalue weighted by molar-refractivity contribution is 7.13. The molecule has 0 spiro atoms. The van der Waals surface area contributed by atoms with E-state index in [1.165, 1.54) is 16.9 Å². The summed E-state index contributed by atoms with van der Waals surface area (Å²) in [4.78, 5) is 19.7. The number of benzene rings is 2. The predicted octanol–water partition coefficient (Wildman–Crippen LogP) is 4.42. The fourth-order valence-electron chi connectivity index (χ4n) is 3.11. The number of aromatic nitrogens is 1. The van der Waals surface area contributed by atoms with Crippen molar-refractivity contribution in [3.8, 4) is 11.1 Å². The maximum atomic E-state index is 12.5. The van der Waals surface area contributed by atoms with Crippen LogP contribution in [0.15, 0.2) is 48.5 Å². The molecule has 0 aliphatic carbocycles. The molecule has 1 heterocycles. The van der Waals surface area contributed by atoms with E-state index in [0.717, 1.165) is 33.9 Å². The molecule has 5 heteroatoms. The summed E-state index contributed by atoms with van der Waals surface area (Å²) in [5.41, 5.74) is 5.48. The van der Waals surface area contributed by atoms with Crippen molar-refractivity contribution in [2.24, 2.45) is 0 Å². The highest BCUT2D eigenvalue weighted by Gasteiger charge is 2.14. The number of carbonyl (C=O) groups is 1. The summed E-state index contributed by atoms with van der Waals surface area (Å²) in [6.45, 7) is 5.21. The van der Waals surface area contributed by atoms with Gasteiger partial charge in [0.25, 0.3) is 5.91 Å². The molecule has 0 aliphatic heterocycles. The van der Waals surface area contributed by atoms with E-state index in [2.05, 4.69) is 65.7 Å². The van der Waals surface area contributed by atoms with E-state index < -0.39 is 0 Å². The van der Waals surface area contributed by atoms with Gasteiger partial charge in [0, 0.05) is 13.1 Å². The van der Waals surface area contributed by atoms with Crippen LogP contribution in [0.3, 0.4) is 0 Å². The molecule has 1 amide bonds. The average Bonchev–Trinajstić information content (AvgIpc) is 2.98. The molecule has 0 atom stereocenters.